The zero-order valence-electron chi connectivity index (χ0n) is 11.5. The third-order valence-corrected chi connectivity index (χ3v) is 4.54. The van der Waals surface area contributed by atoms with E-state index in [1.165, 1.54) is 11.1 Å². The van der Waals surface area contributed by atoms with Crippen molar-refractivity contribution in [3.05, 3.63) is 35.4 Å². The molecule has 0 radical (unpaired) electrons. The molecule has 1 aliphatic heterocycles. The number of ether oxygens (including phenoxy) is 1. The van der Waals surface area contributed by atoms with Gasteiger partial charge in [0.25, 0.3) is 0 Å². The van der Waals surface area contributed by atoms with Gasteiger partial charge in [0.2, 0.25) is 0 Å². The van der Waals surface area contributed by atoms with Crippen LogP contribution in [0.3, 0.4) is 0 Å². The Morgan fingerprint density at radius 2 is 1.83 bits per heavy atom. The molecule has 0 N–H and O–H groups in total. The maximum atomic E-state index is 6.64. The minimum absolute atomic E-state index is 0.0821. The van der Waals surface area contributed by atoms with Crippen LogP contribution >= 0.6 is 11.6 Å². The van der Waals surface area contributed by atoms with Gasteiger partial charge in [0.15, 0.2) is 0 Å². The van der Waals surface area contributed by atoms with Gasteiger partial charge in [0.1, 0.15) is 0 Å². The number of halogens is 1. The fraction of sp³-hybridized carbons (Fsp3) is 0.625. The first kappa shape index (κ1) is 13.9. The van der Waals surface area contributed by atoms with E-state index in [2.05, 4.69) is 45.0 Å². The minimum atomic E-state index is 0.0821. The maximum Gasteiger partial charge on any atom is 0.0639 e. The second-order valence-electron chi connectivity index (χ2n) is 5.49. The van der Waals surface area contributed by atoms with E-state index in [-0.39, 0.29) is 5.38 Å². The van der Waals surface area contributed by atoms with Crippen LogP contribution in [0.5, 0.6) is 0 Å². The Bertz CT molecular complexity index is 371. The van der Waals surface area contributed by atoms with Crippen LogP contribution in [0.1, 0.15) is 56.0 Å². The molecule has 3 atom stereocenters. The molecule has 2 heteroatoms. The van der Waals surface area contributed by atoms with Gasteiger partial charge in [0.05, 0.1) is 11.5 Å². The Labute approximate surface area is 115 Å². The van der Waals surface area contributed by atoms with Gasteiger partial charge in [0, 0.05) is 12.5 Å². The van der Waals surface area contributed by atoms with Gasteiger partial charge in [-0.25, -0.2) is 0 Å². The molecule has 0 bridgehead atoms. The average Bonchev–Trinajstić information content (AvgIpc) is 2.86. The van der Waals surface area contributed by atoms with Crippen LogP contribution in [0.2, 0.25) is 0 Å². The number of benzene rings is 1. The van der Waals surface area contributed by atoms with Gasteiger partial charge in [-0.3, -0.25) is 0 Å². The Kier molecular flexibility index (Phi) is 4.69. The number of hydrogen-bond donors (Lipinski definition) is 0. The quantitative estimate of drug-likeness (QED) is 0.704. The zero-order chi connectivity index (χ0) is 13.1. The molecule has 18 heavy (non-hydrogen) atoms. The fourth-order valence-corrected chi connectivity index (χ4v) is 3.17. The summed E-state index contributed by atoms with van der Waals surface area (Å²) >= 11 is 6.64. The summed E-state index contributed by atoms with van der Waals surface area (Å²) in [6, 6.07) is 8.76. The van der Waals surface area contributed by atoms with Crippen molar-refractivity contribution in [1.29, 1.82) is 0 Å². The summed E-state index contributed by atoms with van der Waals surface area (Å²) in [5.41, 5.74) is 2.60. The van der Waals surface area contributed by atoms with Gasteiger partial charge in [-0.15, -0.1) is 11.6 Å². The van der Waals surface area contributed by atoms with E-state index in [1.807, 2.05) is 0 Å². The molecule has 100 valence electrons. The Morgan fingerprint density at radius 3 is 2.39 bits per heavy atom. The van der Waals surface area contributed by atoms with Crippen molar-refractivity contribution in [2.75, 3.05) is 6.61 Å². The molecule has 0 saturated carbocycles. The van der Waals surface area contributed by atoms with E-state index in [4.69, 9.17) is 16.3 Å². The smallest absolute Gasteiger partial charge is 0.0639 e. The van der Waals surface area contributed by atoms with Crippen molar-refractivity contribution in [3.8, 4) is 0 Å². The molecule has 0 spiro atoms. The number of alkyl halides is 1. The molecule has 0 amide bonds. The van der Waals surface area contributed by atoms with Gasteiger partial charge in [-0.05, 0) is 29.9 Å². The van der Waals surface area contributed by atoms with Gasteiger partial charge in [-0.1, -0.05) is 45.0 Å². The predicted molar refractivity (Wildman–Crippen MR) is 77.3 cm³/mol. The van der Waals surface area contributed by atoms with Crippen LogP contribution < -0.4 is 0 Å². The topological polar surface area (TPSA) is 9.23 Å². The lowest BCUT2D eigenvalue weighted by atomic mass is 9.90. The Balaban J connectivity index is 2.10. The molecule has 1 fully saturated rings. The zero-order valence-corrected chi connectivity index (χ0v) is 12.3. The first-order chi connectivity index (χ1) is 8.63. The van der Waals surface area contributed by atoms with E-state index in [0.29, 0.717) is 17.9 Å². The van der Waals surface area contributed by atoms with E-state index >= 15 is 0 Å². The van der Waals surface area contributed by atoms with Crippen molar-refractivity contribution in [1.82, 2.24) is 0 Å². The normalized spacial score (nSPS) is 25.6. The van der Waals surface area contributed by atoms with Crippen molar-refractivity contribution in [2.24, 2.45) is 5.92 Å². The first-order valence-corrected chi connectivity index (χ1v) is 7.42. The van der Waals surface area contributed by atoms with Crippen molar-refractivity contribution >= 4 is 11.6 Å². The molecule has 1 saturated heterocycles. The summed E-state index contributed by atoms with van der Waals surface area (Å²) in [5, 5.41) is 0.0821. The van der Waals surface area contributed by atoms with Crippen LogP contribution in [0, 0.1) is 5.92 Å². The SMILES string of the molecule is CCC1OCCC1C(Cl)c1ccc(C(C)C)cc1. The van der Waals surface area contributed by atoms with Crippen molar-refractivity contribution < 1.29 is 4.74 Å². The average molecular weight is 267 g/mol. The highest BCUT2D eigenvalue weighted by molar-refractivity contribution is 6.21. The molecule has 1 aromatic carbocycles. The summed E-state index contributed by atoms with van der Waals surface area (Å²) in [6.07, 6.45) is 2.47. The van der Waals surface area contributed by atoms with Gasteiger partial charge in [-0.2, -0.15) is 0 Å². The molecule has 1 aromatic rings. The second kappa shape index (κ2) is 6.08. The van der Waals surface area contributed by atoms with Crippen LogP contribution in [0.4, 0.5) is 0 Å². The van der Waals surface area contributed by atoms with Crippen LogP contribution in [0.25, 0.3) is 0 Å². The van der Waals surface area contributed by atoms with Crippen LogP contribution in [-0.2, 0) is 4.74 Å². The molecule has 0 aromatic heterocycles. The maximum absolute atomic E-state index is 6.64. The molecule has 1 nitrogen and oxygen atoms in total. The molecular formula is C16H23ClO. The lowest BCUT2D eigenvalue weighted by Crippen LogP contribution is -2.19. The Hall–Kier alpha value is -0.530. The van der Waals surface area contributed by atoms with E-state index in [1.54, 1.807) is 0 Å². The first-order valence-electron chi connectivity index (χ1n) is 6.99. The van der Waals surface area contributed by atoms with Gasteiger partial charge < -0.3 is 4.74 Å². The Morgan fingerprint density at radius 1 is 1.22 bits per heavy atom. The van der Waals surface area contributed by atoms with Crippen molar-refractivity contribution in [3.63, 3.8) is 0 Å². The summed E-state index contributed by atoms with van der Waals surface area (Å²) < 4.78 is 5.73. The highest BCUT2D eigenvalue weighted by atomic mass is 35.5. The minimum Gasteiger partial charge on any atom is -0.378 e. The molecule has 0 aliphatic carbocycles. The fourth-order valence-electron chi connectivity index (χ4n) is 2.73. The molecule has 1 heterocycles. The van der Waals surface area contributed by atoms with E-state index in [9.17, 15) is 0 Å². The highest BCUT2D eigenvalue weighted by Crippen LogP contribution is 2.39. The largest absolute Gasteiger partial charge is 0.378 e. The number of rotatable bonds is 4. The monoisotopic (exact) mass is 266 g/mol. The van der Waals surface area contributed by atoms with Crippen LogP contribution in [-0.4, -0.2) is 12.7 Å². The molecular weight excluding hydrogens is 244 g/mol. The third kappa shape index (κ3) is 2.89. The number of hydrogen-bond acceptors (Lipinski definition) is 1. The molecule has 2 rings (SSSR count). The lowest BCUT2D eigenvalue weighted by molar-refractivity contribution is 0.0864. The van der Waals surface area contributed by atoms with E-state index < -0.39 is 0 Å². The van der Waals surface area contributed by atoms with E-state index in [0.717, 1.165) is 19.4 Å². The summed E-state index contributed by atoms with van der Waals surface area (Å²) in [5.74, 6) is 1.03. The standard InChI is InChI=1S/C16H23ClO/c1-4-15-14(9-10-18-15)16(17)13-7-5-12(6-8-13)11(2)3/h5-8,11,14-16H,4,9-10H2,1-3H3. The second-order valence-corrected chi connectivity index (χ2v) is 5.96. The summed E-state index contributed by atoms with van der Waals surface area (Å²) in [7, 11) is 0. The lowest BCUT2D eigenvalue weighted by Gasteiger charge is -2.22. The predicted octanol–water partition coefficient (Wildman–Crippen LogP) is 4.91. The molecule has 1 aliphatic rings. The summed E-state index contributed by atoms with van der Waals surface area (Å²) in [4.78, 5) is 0. The van der Waals surface area contributed by atoms with Crippen molar-refractivity contribution in [2.45, 2.75) is 51.0 Å². The summed E-state index contributed by atoms with van der Waals surface area (Å²) in [6.45, 7) is 7.46. The third-order valence-electron chi connectivity index (χ3n) is 3.96. The van der Waals surface area contributed by atoms with Gasteiger partial charge >= 0.3 is 0 Å². The van der Waals surface area contributed by atoms with Crippen LogP contribution in [0.15, 0.2) is 24.3 Å². The molecule has 3 unspecified atom stereocenters. The highest BCUT2D eigenvalue weighted by Gasteiger charge is 2.33.